The first kappa shape index (κ1) is 10.4. The van der Waals surface area contributed by atoms with Crippen molar-refractivity contribution in [1.82, 2.24) is 4.98 Å². The zero-order valence-corrected chi connectivity index (χ0v) is 9.16. The summed E-state index contributed by atoms with van der Waals surface area (Å²) in [5.41, 5.74) is -0.329. The predicted molar refractivity (Wildman–Crippen MR) is 51.9 cm³/mol. The van der Waals surface area contributed by atoms with E-state index in [1.165, 1.54) is 6.07 Å². The van der Waals surface area contributed by atoms with E-state index in [-0.39, 0.29) is 15.9 Å². The van der Waals surface area contributed by atoms with E-state index in [9.17, 15) is 8.78 Å². The summed E-state index contributed by atoms with van der Waals surface area (Å²) in [4.78, 5) is 3.45. The van der Waals surface area contributed by atoms with E-state index in [1.807, 2.05) is 0 Å². The van der Waals surface area contributed by atoms with E-state index in [2.05, 4.69) is 4.98 Å². The molecule has 12 heavy (non-hydrogen) atoms. The monoisotopic (exact) mass is 323 g/mol. The van der Waals surface area contributed by atoms with Crippen molar-refractivity contribution in [2.24, 2.45) is 0 Å². The van der Waals surface area contributed by atoms with Crippen molar-refractivity contribution in [3.05, 3.63) is 25.5 Å². The van der Waals surface area contributed by atoms with Gasteiger partial charge in [-0.05, 0) is 28.7 Å². The molecule has 0 spiro atoms. The van der Waals surface area contributed by atoms with Gasteiger partial charge in [-0.25, -0.2) is 13.8 Å². The summed E-state index contributed by atoms with van der Waals surface area (Å²) in [6, 6.07) is 1.36. The van der Waals surface area contributed by atoms with E-state index >= 15 is 0 Å². The Bertz CT molecular complexity index is 306. The Balaban J connectivity index is 3.23. The van der Waals surface area contributed by atoms with Crippen LogP contribution in [-0.2, 0) is 0 Å². The van der Waals surface area contributed by atoms with Crippen LogP contribution in [0.1, 0.15) is 12.1 Å². The van der Waals surface area contributed by atoms with Gasteiger partial charge in [0.2, 0.25) is 0 Å². The first-order chi connectivity index (χ1) is 5.52. The Morgan fingerprint density at radius 3 is 2.50 bits per heavy atom. The maximum absolute atomic E-state index is 12.2. The van der Waals surface area contributed by atoms with Crippen molar-refractivity contribution >= 4 is 45.8 Å². The van der Waals surface area contributed by atoms with Crippen LogP contribution < -0.4 is 0 Å². The van der Waals surface area contributed by atoms with Crippen LogP contribution in [-0.4, -0.2) is 4.98 Å². The summed E-state index contributed by atoms with van der Waals surface area (Å²) < 4.78 is 24.7. The normalized spacial score (nSPS) is 10.8. The number of pyridine rings is 1. The Morgan fingerprint density at radius 2 is 2.00 bits per heavy atom. The van der Waals surface area contributed by atoms with Gasteiger partial charge in [-0.1, -0.05) is 23.2 Å². The number of nitrogens with zero attached hydrogens (tertiary/aromatic N) is 1. The van der Waals surface area contributed by atoms with Gasteiger partial charge >= 0.3 is 0 Å². The molecule has 0 fully saturated rings. The lowest BCUT2D eigenvalue weighted by Crippen LogP contribution is -1.94. The number of alkyl halides is 2. The standard InChI is InChI=1S/C6H2Cl2F2IN/c7-2-1-3(11)4(6(9)10)12-5(2)8/h1,6H. The lowest BCUT2D eigenvalue weighted by molar-refractivity contribution is 0.145. The van der Waals surface area contributed by atoms with E-state index in [1.54, 1.807) is 22.6 Å². The van der Waals surface area contributed by atoms with Crippen molar-refractivity contribution in [3.8, 4) is 0 Å². The number of halogens is 5. The van der Waals surface area contributed by atoms with E-state index in [0.717, 1.165) is 0 Å². The van der Waals surface area contributed by atoms with Gasteiger partial charge in [0.05, 0.1) is 5.02 Å². The van der Waals surface area contributed by atoms with Gasteiger partial charge in [0.1, 0.15) is 10.8 Å². The first-order valence-corrected chi connectivity index (χ1v) is 4.65. The highest BCUT2D eigenvalue weighted by Crippen LogP contribution is 2.28. The summed E-state index contributed by atoms with van der Waals surface area (Å²) in [5.74, 6) is 0. The molecular weight excluding hydrogens is 322 g/mol. The molecule has 1 aromatic rings. The molecule has 1 aromatic heterocycles. The molecule has 0 atom stereocenters. The minimum absolute atomic E-state index is 0.0904. The molecule has 6 heteroatoms. The quantitative estimate of drug-likeness (QED) is 0.563. The van der Waals surface area contributed by atoms with Gasteiger partial charge in [-0.2, -0.15) is 0 Å². The lowest BCUT2D eigenvalue weighted by atomic mass is 10.4. The molecule has 0 saturated heterocycles. The zero-order valence-electron chi connectivity index (χ0n) is 5.49. The highest BCUT2D eigenvalue weighted by Gasteiger charge is 2.15. The van der Waals surface area contributed by atoms with Crippen LogP contribution in [0.4, 0.5) is 8.78 Å². The molecule has 0 bridgehead atoms. The summed E-state index contributed by atoms with van der Waals surface area (Å²) in [7, 11) is 0. The average molecular weight is 324 g/mol. The molecule has 0 radical (unpaired) electrons. The van der Waals surface area contributed by atoms with Crippen LogP contribution >= 0.6 is 45.8 Å². The second kappa shape index (κ2) is 4.02. The molecule has 0 aliphatic rings. The summed E-state index contributed by atoms with van der Waals surface area (Å²) in [5, 5.41) is 0.0952. The van der Waals surface area contributed by atoms with Crippen molar-refractivity contribution in [2.75, 3.05) is 0 Å². The fourth-order valence-corrected chi connectivity index (χ4v) is 1.76. The Morgan fingerprint density at radius 1 is 1.42 bits per heavy atom. The highest BCUT2D eigenvalue weighted by atomic mass is 127. The number of rotatable bonds is 1. The number of aromatic nitrogens is 1. The van der Waals surface area contributed by atoms with Crippen LogP contribution in [0.5, 0.6) is 0 Å². The highest BCUT2D eigenvalue weighted by molar-refractivity contribution is 14.1. The third-order valence-electron chi connectivity index (χ3n) is 1.12. The van der Waals surface area contributed by atoms with Gasteiger partial charge < -0.3 is 0 Å². The number of hydrogen-bond acceptors (Lipinski definition) is 1. The fourth-order valence-electron chi connectivity index (χ4n) is 0.610. The molecule has 0 N–H and O–H groups in total. The molecule has 66 valence electrons. The summed E-state index contributed by atoms with van der Waals surface area (Å²) >= 11 is 12.7. The fraction of sp³-hybridized carbons (Fsp3) is 0.167. The average Bonchev–Trinajstić information content (AvgIpc) is 1.96. The SMILES string of the molecule is FC(F)c1nc(Cl)c(Cl)cc1I. The second-order valence-corrected chi connectivity index (χ2v) is 3.86. The third kappa shape index (κ3) is 2.17. The van der Waals surface area contributed by atoms with Crippen LogP contribution in [0, 0.1) is 3.57 Å². The molecule has 0 aliphatic carbocycles. The molecule has 0 saturated carbocycles. The zero-order chi connectivity index (χ0) is 9.30. The first-order valence-electron chi connectivity index (χ1n) is 2.82. The third-order valence-corrected chi connectivity index (χ3v) is 2.66. The van der Waals surface area contributed by atoms with Gasteiger partial charge in [0, 0.05) is 3.57 Å². The van der Waals surface area contributed by atoms with Gasteiger partial charge in [-0.15, -0.1) is 0 Å². The minimum atomic E-state index is -2.62. The van der Waals surface area contributed by atoms with E-state index in [4.69, 9.17) is 23.2 Å². The summed E-state index contributed by atoms with van der Waals surface area (Å²) in [6.45, 7) is 0. The number of hydrogen-bond donors (Lipinski definition) is 0. The molecule has 0 unspecified atom stereocenters. The maximum atomic E-state index is 12.2. The molecular formula is C6H2Cl2F2IN. The summed E-state index contributed by atoms with van der Waals surface area (Å²) in [6.07, 6.45) is -2.62. The Hall–Kier alpha value is 0.320. The van der Waals surface area contributed by atoms with E-state index in [0.29, 0.717) is 3.57 Å². The molecule has 0 aliphatic heterocycles. The van der Waals surface area contributed by atoms with Crippen LogP contribution in [0.25, 0.3) is 0 Å². The minimum Gasteiger partial charge on any atom is -0.232 e. The van der Waals surface area contributed by atoms with Gasteiger partial charge in [-0.3, -0.25) is 0 Å². The predicted octanol–water partition coefficient (Wildman–Crippen LogP) is 3.93. The smallest absolute Gasteiger partial charge is 0.232 e. The van der Waals surface area contributed by atoms with E-state index < -0.39 is 6.43 Å². The molecule has 0 amide bonds. The van der Waals surface area contributed by atoms with Crippen LogP contribution in [0.2, 0.25) is 10.2 Å². The van der Waals surface area contributed by atoms with Crippen molar-refractivity contribution in [1.29, 1.82) is 0 Å². The van der Waals surface area contributed by atoms with Crippen molar-refractivity contribution in [2.45, 2.75) is 6.43 Å². The van der Waals surface area contributed by atoms with Crippen LogP contribution in [0.3, 0.4) is 0 Å². The largest absolute Gasteiger partial charge is 0.281 e. The maximum Gasteiger partial charge on any atom is 0.281 e. The topological polar surface area (TPSA) is 12.9 Å². The Kier molecular flexibility index (Phi) is 3.48. The van der Waals surface area contributed by atoms with Crippen LogP contribution in [0.15, 0.2) is 6.07 Å². The second-order valence-electron chi connectivity index (χ2n) is 1.93. The van der Waals surface area contributed by atoms with Gasteiger partial charge in [0.25, 0.3) is 6.43 Å². The molecule has 1 rings (SSSR count). The van der Waals surface area contributed by atoms with Crippen molar-refractivity contribution in [3.63, 3.8) is 0 Å². The Labute approximate surface area is 91.2 Å². The molecule has 1 nitrogen and oxygen atoms in total. The molecule has 1 heterocycles. The lowest BCUT2D eigenvalue weighted by Gasteiger charge is -2.03. The van der Waals surface area contributed by atoms with Gasteiger partial charge in [0.15, 0.2) is 0 Å². The molecule has 0 aromatic carbocycles. The van der Waals surface area contributed by atoms with Crippen molar-refractivity contribution < 1.29 is 8.78 Å².